The van der Waals surface area contributed by atoms with Gasteiger partial charge in [-0.15, -0.1) is 0 Å². The third-order valence-corrected chi connectivity index (χ3v) is 7.16. The highest BCUT2D eigenvalue weighted by Gasteiger charge is 2.39. The van der Waals surface area contributed by atoms with Gasteiger partial charge in [-0.25, -0.2) is 9.18 Å². The third-order valence-electron chi connectivity index (χ3n) is 7.16. The average Bonchev–Trinajstić information content (AvgIpc) is 3.09. The molecule has 2 unspecified atom stereocenters. The number of carbonyl (C=O) groups excluding carboxylic acids is 1. The van der Waals surface area contributed by atoms with Crippen molar-refractivity contribution in [3.8, 4) is 11.1 Å². The first-order valence-corrected chi connectivity index (χ1v) is 12.0. The number of nitrogens with one attached hydrogen (secondary N) is 1. The van der Waals surface area contributed by atoms with Gasteiger partial charge in [0.2, 0.25) is 0 Å². The van der Waals surface area contributed by atoms with Gasteiger partial charge in [0.15, 0.2) is 0 Å². The predicted octanol–water partition coefficient (Wildman–Crippen LogP) is 6.71. The quantitative estimate of drug-likeness (QED) is 0.525. The van der Waals surface area contributed by atoms with Crippen molar-refractivity contribution in [2.75, 3.05) is 6.54 Å². The Morgan fingerprint density at radius 1 is 1.06 bits per heavy atom. The summed E-state index contributed by atoms with van der Waals surface area (Å²) in [6.45, 7) is 0.712. The SMILES string of the molecule is O=C(NCCC1=CCCCC1)N1C2C=C(c3ccc(-c4ccccc4)c(F)c3)CC1CC2. The van der Waals surface area contributed by atoms with Crippen LogP contribution in [0.25, 0.3) is 16.7 Å². The number of fused-ring (bicyclic) bond motifs is 2. The van der Waals surface area contributed by atoms with Gasteiger partial charge >= 0.3 is 6.03 Å². The fourth-order valence-corrected chi connectivity index (χ4v) is 5.48. The van der Waals surface area contributed by atoms with E-state index in [2.05, 4.69) is 17.5 Å². The number of amides is 2. The van der Waals surface area contributed by atoms with E-state index in [0.29, 0.717) is 12.1 Å². The maximum Gasteiger partial charge on any atom is 0.318 e. The van der Waals surface area contributed by atoms with Crippen molar-refractivity contribution in [2.24, 2.45) is 0 Å². The van der Waals surface area contributed by atoms with Gasteiger partial charge in [0, 0.05) is 18.2 Å². The zero-order valence-corrected chi connectivity index (χ0v) is 18.5. The summed E-state index contributed by atoms with van der Waals surface area (Å²) in [5.74, 6) is -0.195. The maximum atomic E-state index is 14.9. The van der Waals surface area contributed by atoms with Crippen LogP contribution in [-0.2, 0) is 0 Å². The molecular formula is C28H31FN2O. The molecule has 3 aliphatic rings. The fourth-order valence-electron chi connectivity index (χ4n) is 5.48. The van der Waals surface area contributed by atoms with Gasteiger partial charge in [-0.1, -0.05) is 60.2 Å². The molecule has 0 spiro atoms. The van der Waals surface area contributed by atoms with Crippen LogP contribution in [-0.4, -0.2) is 29.6 Å². The smallest absolute Gasteiger partial charge is 0.318 e. The molecule has 32 heavy (non-hydrogen) atoms. The Labute approximate surface area is 190 Å². The molecule has 1 aliphatic carbocycles. The summed E-state index contributed by atoms with van der Waals surface area (Å²) in [5.41, 5.74) is 5.10. The zero-order valence-electron chi connectivity index (χ0n) is 18.5. The summed E-state index contributed by atoms with van der Waals surface area (Å²) >= 11 is 0. The Hall–Kier alpha value is -2.88. The molecule has 0 radical (unpaired) electrons. The lowest BCUT2D eigenvalue weighted by Gasteiger charge is -2.34. The van der Waals surface area contributed by atoms with Gasteiger partial charge in [-0.05, 0) is 74.1 Å². The molecule has 2 aliphatic heterocycles. The minimum Gasteiger partial charge on any atom is -0.338 e. The summed E-state index contributed by atoms with van der Waals surface area (Å²) in [4.78, 5) is 14.9. The molecule has 2 bridgehead atoms. The molecule has 166 valence electrons. The topological polar surface area (TPSA) is 32.3 Å². The molecule has 2 aromatic rings. The van der Waals surface area contributed by atoms with Crippen LogP contribution in [0.3, 0.4) is 0 Å². The molecule has 2 heterocycles. The highest BCUT2D eigenvalue weighted by atomic mass is 19.1. The van der Waals surface area contributed by atoms with Crippen LogP contribution < -0.4 is 5.32 Å². The highest BCUT2D eigenvalue weighted by molar-refractivity contribution is 5.79. The molecule has 1 N–H and O–H groups in total. The van der Waals surface area contributed by atoms with E-state index in [4.69, 9.17) is 0 Å². The first-order valence-electron chi connectivity index (χ1n) is 12.0. The lowest BCUT2D eigenvalue weighted by Crippen LogP contribution is -2.48. The second-order valence-corrected chi connectivity index (χ2v) is 9.25. The molecule has 1 saturated heterocycles. The number of rotatable bonds is 5. The summed E-state index contributed by atoms with van der Waals surface area (Å²) in [5, 5.41) is 3.15. The van der Waals surface area contributed by atoms with Gasteiger partial charge in [-0.3, -0.25) is 0 Å². The lowest BCUT2D eigenvalue weighted by atomic mass is 9.93. The van der Waals surface area contributed by atoms with Crippen LogP contribution in [0.15, 0.2) is 66.3 Å². The van der Waals surface area contributed by atoms with Gasteiger partial charge in [0.1, 0.15) is 5.82 Å². The Morgan fingerprint density at radius 2 is 1.94 bits per heavy atom. The van der Waals surface area contributed by atoms with Crippen LogP contribution in [0.1, 0.15) is 56.9 Å². The fraction of sp³-hybridized carbons (Fsp3) is 0.393. The third kappa shape index (κ3) is 4.36. The molecule has 1 fully saturated rings. The Bertz CT molecular complexity index is 1040. The molecule has 0 aromatic heterocycles. The standard InChI is InChI=1S/C28H31FN2O/c29-27-19-22(11-14-26(27)21-9-5-2-6-10-21)23-17-24-12-13-25(18-23)31(24)28(32)30-16-15-20-7-3-1-4-8-20/h2,5-7,9-11,14,17,19,24-25H,1,3-4,8,12-13,15-16,18H2,(H,30,32). The van der Waals surface area contributed by atoms with Crippen LogP contribution in [0.2, 0.25) is 0 Å². The van der Waals surface area contributed by atoms with E-state index in [1.165, 1.54) is 31.3 Å². The van der Waals surface area contributed by atoms with E-state index in [1.54, 1.807) is 6.07 Å². The molecule has 3 nitrogen and oxygen atoms in total. The minimum atomic E-state index is -0.195. The number of nitrogens with zero attached hydrogens (tertiary/aromatic N) is 1. The zero-order chi connectivity index (χ0) is 21.9. The number of hydrogen-bond donors (Lipinski definition) is 1. The normalized spacial score (nSPS) is 22.3. The molecule has 2 amide bonds. The Balaban J connectivity index is 1.25. The van der Waals surface area contributed by atoms with E-state index >= 15 is 0 Å². The van der Waals surface area contributed by atoms with Gasteiger partial charge in [-0.2, -0.15) is 0 Å². The van der Waals surface area contributed by atoms with E-state index in [-0.39, 0.29) is 23.9 Å². The molecule has 5 rings (SSSR count). The van der Waals surface area contributed by atoms with E-state index in [9.17, 15) is 9.18 Å². The molecule has 0 saturated carbocycles. The van der Waals surface area contributed by atoms with Crippen molar-refractivity contribution in [3.63, 3.8) is 0 Å². The maximum absolute atomic E-state index is 14.9. The minimum absolute atomic E-state index is 0.0508. The van der Waals surface area contributed by atoms with Gasteiger partial charge in [0.25, 0.3) is 0 Å². The molecule has 4 heteroatoms. The van der Waals surface area contributed by atoms with Gasteiger partial charge < -0.3 is 10.2 Å². The summed E-state index contributed by atoms with van der Waals surface area (Å²) in [6, 6.07) is 15.6. The average molecular weight is 431 g/mol. The first kappa shape index (κ1) is 21.0. The van der Waals surface area contributed by atoms with Crippen LogP contribution >= 0.6 is 0 Å². The van der Waals surface area contributed by atoms with Crippen molar-refractivity contribution in [3.05, 3.63) is 77.6 Å². The number of urea groups is 1. The van der Waals surface area contributed by atoms with E-state index < -0.39 is 0 Å². The Morgan fingerprint density at radius 3 is 2.69 bits per heavy atom. The van der Waals surface area contributed by atoms with Gasteiger partial charge in [0.05, 0.1) is 6.04 Å². The van der Waals surface area contributed by atoms with Crippen LogP contribution in [0, 0.1) is 5.82 Å². The van der Waals surface area contributed by atoms with E-state index in [0.717, 1.165) is 42.4 Å². The molecule has 2 atom stereocenters. The van der Waals surface area contributed by atoms with Crippen LogP contribution in [0.4, 0.5) is 9.18 Å². The van der Waals surface area contributed by atoms with E-state index in [1.807, 2.05) is 47.4 Å². The predicted molar refractivity (Wildman–Crippen MR) is 128 cm³/mol. The highest BCUT2D eigenvalue weighted by Crippen LogP contribution is 2.39. The second-order valence-electron chi connectivity index (χ2n) is 9.25. The van der Waals surface area contributed by atoms with Crippen molar-refractivity contribution < 1.29 is 9.18 Å². The number of halogens is 1. The number of benzene rings is 2. The second kappa shape index (κ2) is 9.32. The lowest BCUT2D eigenvalue weighted by molar-refractivity contribution is 0.180. The van der Waals surface area contributed by atoms with Crippen LogP contribution in [0.5, 0.6) is 0 Å². The monoisotopic (exact) mass is 430 g/mol. The summed E-state index contributed by atoms with van der Waals surface area (Å²) in [7, 11) is 0. The largest absolute Gasteiger partial charge is 0.338 e. The van der Waals surface area contributed by atoms with Crippen molar-refractivity contribution in [1.29, 1.82) is 0 Å². The molecule has 2 aromatic carbocycles. The number of carbonyl (C=O) groups is 1. The summed E-state index contributed by atoms with van der Waals surface area (Å²) in [6.07, 6.45) is 13.2. The Kier molecular flexibility index (Phi) is 6.11. The first-order chi connectivity index (χ1) is 15.7. The summed E-state index contributed by atoms with van der Waals surface area (Å²) < 4.78 is 14.9. The number of hydrogen-bond acceptors (Lipinski definition) is 1. The molecular weight excluding hydrogens is 399 g/mol. The van der Waals surface area contributed by atoms with Crippen molar-refractivity contribution in [2.45, 2.75) is 63.5 Å². The van der Waals surface area contributed by atoms with Crippen molar-refractivity contribution >= 4 is 11.6 Å². The number of allylic oxidation sites excluding steroid dienone is 1. The van der Waals surface area contributed by atoms with Crippen molar-refractivity contribution in [1.82, 2.24) is 10.2 Å².